The molecule has 1 saturated heterocycles. The summed E-state index contributed by atoms with van der Waals surface area (Å²) >= 11 is 0. The number of aromatic nitrogens is 6. The van der Waals surface area contributed by atoms with Crippen molar-refractivity contribution in [3.8, 4) is 22.9 Å². The average Bonchev–Trinajstić information content (AvgIpc) is 3.81. The van der Waals surface area contributed by atoms with Crippen LogP contribution in [0.2, 0.25) is 0 Å². The van der Waals surface area contributed by atoms with Gasteiger partial charge in [-0.05, 0) is 92.7 Å². The smallest absolute Gasteiger partial charge is 0.281 e. The summed E-state index contributed by atoms with van der Waals surface area (Å²) in [5.41, 5.74) is 12.4. The molecule has 3 N–H and O–H groups in total. The van der Waals surface area contributed by atoms with Crippen molar-refractivity contribution in [2.24, 2.45) is 0 Å². The molecule has 1 aliphatic carbocycles. The van der Waals surface area contributed by atoms with Crippen molar-refractivity contribution in [3.63, 3.8) is 0 Å². The SMILES string of the molecule is C=C(F)C(=O)N1CCC(NC)CC1.Nc1ncccc1-c1nc2ccc(-n3cccn3)nc2n1-c1ccc2c(c1)CCC2. The Hall–Kier alpha value is -4.90. The molecule has 1 aromatic carbocycles. The molecule has 2 aliphatic rings. The van der Waals surface area contributed by atoms with Gasteiger partial charge in [-0.2, -0.15) is 5.10 Å². The highest BCUT2D eigenvalue weighted by molar-refractivity contribution is 5.90. The lowest BCUT2D eigenvalue weighted by Gasteiger charge is -2.31. The molecule has 1 aliphatic heterocycles. The van der Waals surface area contributed by atoms with Gasteiger partial charge < -0.3 is 16.0 Å². The maximum Gasteiger partial charge on any atom is 0.281 e. The number of imidazole rings is 1. The van der Waals surface area contributed by atoms with Crippen LogP contribution in [0.25, 0.3) is 34.1 Å². The number of carbonyl (C=O) groups is 1. The van der Waals surface area contributed by atoms with Crippen LogP contribution in [0, 0.1) is 0 Å². The summed E-state index contributed by atoms with van der Waals surface area (Å²) in [5, 5.41) is 7.45. The fourth-order valence-corrected chi connectivity index (χ4v) is 5.75. The Kier molecular flexibility index (Phi) is 7.97. The van der Waals surface area contributed by atoms with E-state index in [0.717, 1.165) is 59.7 Å². The predicted octanol–water partition coefficient (Wildman–Crippen LogP) is 4.42. The normalized spacial score (nSPS) is 14.8. The topological polar surface area (TPSA) is 120 Å². The van der Waals surface area contributed by atoms with Crippen LogP contribution >= 0.6 is 0 Å². The fraction of sp³-hybridized carbons (Fsp3) is 0.281. The van der Waals surface area contributed by atoms with Crippen LogP contribution < -0.4 is 11.1 Å². The first-order valence-electron chi connectivity index (χ1n) is 14.5. The summed E-state index contributed by atoms with van der Waals surface area (Å²) in [6.07, 6.45) is 10.5. The van der Waals surface area contributed by atoms with Crippen molar-refractivity contribution in [2.45, 2.75) is 38.1 Å². The molecule has 1 amide bonds. The van der Waals surface area contributed by atoms with Crippen molar-refractivity contribution < 1.29 is 9.18 Å². The second-order valence-electron chi connectivity index (χ2n) is 10.7. The second kappa shape index (κ2) is 12.1. The number of nitrogens with two attached hydrogens (primary N) is 1. The highest BCUT2D eigenvalue weighted by atomic mass is 19.1. The Bertz CT molecular complexity index is 1770. The van der Waals surface area contributed by atoms with Gasteiger partial charge in [0.05, 0.1) is 5.56 Å². The summed E-state index contributed by atoms with van der Waals surface area (Å²) in [6.45, 7) is 4.23. The van der Waals surface area contributed by atoms with E-state index in [4.69, 9.17) is 15.7 Å². The number of nitrogen functional groups attached to an aromatic ring is 1. The largest absolute Gasteiger partial charge is 0.383 e. The minimum atomic E-state index is -0.858. The quantitative estimate of drug-likeness (QED) is 0.296. The highest BCUT2D eigenvalue weighted by Gasteiger charge is 2.23. The number of nitrogens with zero attached hydrogens (tertiary/aromatic N) is 7. The zero-order chi connectivity index (χ0) is 29.9. The van der Waals surface area contributed by atoms with Gasteiger partial charge in [0.25, 0.3) is 5.91 Å². The predicted molar refractivity (Wildman–Crippen MR) is 165 cm³/mol. The van der Waals surface area contributed by atoms with E-state index in [2.05, 4.69) is 44.7 Å². The molecule has 220 valence electrons. The average molecular weight is 580 g/mol. The summed E-state index contributed by atoms with van der Waals surface area (Å²) < 4.78 is 16.3. The van der Waals surface area contributed by atoms with Gasteiger partial charge >= 0.3 is 0 Å². The van der Waals surface area contributed by atoms with E-state index < -0.39 is 11.7 Å². The van der Waals surface area contributed by atoms with Crippen molar-refractivity contribution >= 4 is 22.9 Å². The second-order valence-corrected chi connectivity index (χ2v) is 10.7. The molecule has 0 bridgehead atoms. The minimum absolute atomic E-state index is 0.447. The molecule has 11 heteroatoms. The molecular weight excluding hydrogens is 545 g/mol. The number of carbonyl (C=O) groups excluding carboxylic acids is 1. The molecular formula is C32H34FN9O. The van der Waals surface area contributed by atoms with Crippen molar-refractivity contribution in [3.05, 3.63) is 90.7 Å². The lowest BCUT2D eigenvalue weighted by atomic mass is 10.1. The van der Waals surface area contributed by atoms with Crippen molar-refractivity contribution in [1.29, 1.82) is 0 Å². The van der Waals surface area contributed by atoms with Crippen LogP contribution in [0.15, 0.2) is 79.5 Å². The molecule has 10 nitrogen and oxygen atoms in total. The number of hydrogen-bond donors (Lipinski definition) is 2. The van der Waals surface area contributed by atoms with Gasteiger partial charge in [-0.15, -0.1) is 0 Å². The monoisotopic (exact) mass is 579 g/mol. The van der Waals surface area contributed by atoms with Gasteiger partial charge in [0.2, 0.25) is 0 Å². The summed E-state index contributed by atoms with van der Waals surface area (Å²) in [7, 11) is 1.90. The van der Waals surface area contributed by atoms with E-state index in [-0.39, 0.29) is 0 Å². The number of rotatable bonds is 5. The van der Waals surface area contributed by atoms with E-state index in [1.54, 1.807) is 17.1 Å². The first kappa shape index (κ1) is 28.2. The zero-order valence-corrected chi connectivity index (χ0v) is 24.1. The van der Waals surface area contributed by atoms with Crippen LogP contribution in [0.5, 0.6) is 0 Å². The van der Waals surface area contributed by atoms with Crippen LogP contribution in [0.3, 0.4) is 0 Å². The molecule has 0 unspecified atom stereocenters. The molecule has 0 atom stereocenters. The number of anilines is 1. The molecule has 43 heavy (non-hydrogen) atoms. The first-order valence-corrected chi connectivity index (χ1v) is 14.5. The summed E-state index contributed by atoms with van der Waals surface area (Å²) in [4.78, 5) is 26.7. The van der Waals surface area contributed by atoms with E-state index in [0.29, 0.717) is 24.9 Å². The van der Waals surface area contributed by atoms with Crippen LogP contribution in [0.1, 0.15) is 30.4 Å². The molecule has 0 saturated carbocycles. The first-order chi connectivity index (χ1) is 20.9. The van der Waals surface area contributed by atoms with Gasteiger partial charge in [-0.1, -0.05) is 12.6 Å². The maximum absolute atomic E-state index is 12.5. The summed E-state index contributed by atoms with van der Waals surface area (Å²) in [6, 6.07) is 16.7. The lowest BCUT2D eigenvalue weighted by molar-refractivity contribution is -0.129. The molecule has 5 heterocycles. The molecule has 5 aromatic rings. The van der Waals surface area contributed by atoms with Gasteiger partial charge in [0.15, 0.2) is 23.1 Å². The molecule has 1 fully saturated rings. The zero-order valence-electron chi connectivity index (χ0n) is 24.1. The Morgan fingerprint density at radius 3 is 2.58 bits per heavy atom. The Morgan fingerprint density at radius 2 is 1.86 bits per heavy atom. The number of fused-ring (bicyclic) bond motifs is 2. The number of amides is 1. The van der Waals surface area contributed by atoms with Crippen molar-refractivity contribution in [2.75, 3.05) is 25.9 Å². The third-order valence-corrected chi connectivity index (χ3v) is 8.07. The van der Waals surface area contributed by atoms with Gasteiger partial charge in [-0.25, -0.2) is 24.0 Å². The van der Waals surface area contributed by atoms with E-state index >= 15 is 0 Å². The number of nitrogens with one attached hydrogen (secondary N) is 1. The van der Waals surface area contributed by atoms with Crippen LogP contribution in [-0.2, 0) is 17.6 Å². The van der Waals surface area contributed by atoms with Gasteiger partial charge in [0.1, 0.15) is 11.3 Å². The Labute approximate surface area is 249 Å². The number of benzene rings is 1. The Morgan fingerprint density at radius 1 is 1.05 bits per heavy atom. The number of aryl methyl sites for hydroxylation is 2. The molecule has 4 aromatic heterocycles. The third kappa shape index (κ3) is 5.76. The minimum Gasteiger partial charge on any atom is -0.383 e. The lowest BCUT2D eigenvalue weighted by Crippen LogP contribution is -2.44. The van der Waals surface area contributed by atoms with E-state index in [1.165, 1.54) is 22.4 Å². The van der Waals surface area contributed by atoms with Gasteiger partial charge in [-0.3, -0.25) is 9.36 Å². The number of halogens is 1. The molecule has 0 spiro atoms. The number of hydrogen-bond acceptors (Lipinski definition) is 7. The number of likely N-dealkylation sites (tertiary alicyclic amines) is 1. The van der Waals surface area contributed by atoms with Crippen molar-refractivity contribution in [1.82, 2.24) is 39.5 Å². The molecule has 7 rings (SSSR count). The fourth-order valence-electron chi connectivity index (χ4n) is 5.75. The maximum atomic E-state index is 12.5. The number of pyridine rings is 2. The summed E-state index contributed by atoms with van der Waals surface area (Å²) in [5.74, 6) is 0.499. The van der Waals surface area contributed by atoms with Gasteiger partial charge in [0, 0.05) is 43.4 Å². The highest BCUT2D eigenvalue weighted by Crippen LogP contribution is 2.32. The standard InChI is InChI=1S/C23H19N7.C9H15FN2O/c24-21-18(6-2-11-25-21)22-27-19-9-10-20(29-13-3-12-26-29)28-23(19)30(22)17-8-7-15-4-1-5-16(15)14-17;1-7(10)9(13)12-5-3-8(11-2)4-6-12/h2-3,6-14H,1,4-5H2,(H2,24,25);8,11H,1,3-6H2,2H3. The van der Waals surface area contributed by atoms with E-state index in [1.807, 2.05) is 43.6 Å². The van der Waals surface area contributed by atoms with Crippen LogP contribution in [0.4, 0.5) is 10.2 Å². The Balaban J connectivity index is 0.000000214. The van der Waals surface area contributed by atoms with E-state index in [9.17, 15) is 9.18 Å². The third-order valence-electron chi connectivity index (χ3n) is 8.07. The van der Waals surface area contributed by atoms with Crippen LogP contribution in [-0.4, -0.2) is 66.3 Å². The molecule has 0 radical (unpaired) electrons. The number of piperidine rings is 1.